The third-order valence-electron chi connectivity index (χ3n) is 5.27. The average Bonchev–Trinajstić information content (AvgIpc) is 3.10. The van der Waals surface area contributed by atoms with Crippen LogP contribution in [0.3, 0.4) is 0 Å². The van der Waals surface area contributed by atoms with Crippen LogP contribution in [0, 0.1) is 17.0 Å². The minimum atomic E-state index is -0.425. The Kier molecular flexibility index (Phi) is 5.53. The fourth-order valence-electron chi connectivity index (χ4n) is 3.76. The summed E-state index contributed by atoms with van der Waals surface area (Å²) in [6.45, 7) is 3.11. The van der Waals surface area contributed by atoms with Gasteiger partial charge in [0.1, 0.15) is 0 Å². The van der Waals surface area contributed by atoms with E-state index < -0.39 is 4.92 Å². The fourth-order valence-corrected chi connectivity index (χ4v) is 3.76. The zero-order valence-corrected chi connectivity index (χ0v) is 14.7. The number of anilines is 1. The predicted molar refractivity (Wildman–Crippen MR) is 96.8 cm³/mol. The van der Waals surface area contributed by atoms with Gasteiger partial charge in [0, 0.05) is 42.5 Å². The molecule has 0 radical (unpaired) electrons. The molecule has 0 spiro atoms. The highest BCUT2D eigenvalue weighted by atomic mass is 16.6. The van der Waals surface area contributed by atoms with Gasteiger partial charge in [0.15, 0.2) is 0 Å². The van der Waals surface area contributed by atoms with Crippen molar-refractivity contribution in [2.75, 3.05) is 18.4 Å². The summed E-state index contributed by atoms with van der Waals surface area (Å²) in [4.78, 5) is 24.8. The molecule has 7 nitrogen and oxygen atoms in total. The maximum Gasteiger partial charge on any atom is 0.321 e. The number of nitrogens with one attached hydrogen (secondary N) is 2. The van der Waals surface area contributed by atoms with E-state index in [0.29, 0.717) is 36.4 Å². The van der Waals surface area contributed by atoms with Crippen molar-refractivity contribution in [2.45, 2.75) is 57.5 Å². The van der Waals surface area contributed by atoms with Crippen molar-refractivity contribution in [3.05, 3.63) is 33.9 Å². The lowest BCUT2D eigenvalue weighted by atomic mass is 10.0. The molecule has 0 atom stereocenters. The molecule has 3 rings (SSSR count). The quantitative estimate of drug-likeness (QED) is 0.646. The van der Waals surface area contributed by atoms with Gasteiger partial charge >= 0.3 is 6.03 Å². The van der Waals surface area contributed by atoms with Gasteiger partial charge in [-0.05, 0) is 38.7 Å². The lowest BCUT2D eigenvalue weighted by Gasteiger charge is -2.34. The number of amides is 2. The number of rotatable bonds is 4. The summed E-state index contributed by atoms with van der Waals surface area (Å²) in [5, 5.41) is 17.5. The molecule has 2 amide bonds. The lowest BCUT2D eigenvalue weighted by Crippen LogP contribution is -2.48. The summed E-state index contributed by atoms with van der Waals surface area (Å²) in [5.41, 5.74) is 1.08. The van der Waals surface area contributed by atoms with Crippen LogP contribution >= 0.6 is 0 Å². The molecule has 1 aromatic rings. The molecule has 2 aliphatic rings. The molecule has 0 aromatic heterocycles. The fraction of sp³-hybridized carbons (Fsp3) is 0.611. The van der Waals surface area contributed by atoms with E-state index in [1.807, 2.05) is 0 Å². The van der Waals surface area contributed by atoms with Gasteiger partial charge in [-0.1, -0.05) is 18.9 Å². The van der Waals surface area contributed by atoms with Crippen LogP contribution in [-0.4, -0.2) is 41.0 Å². The molecule has 1 saturated heterocycles. The van der Waals surface area contributed by atoms with Crippen LogP contribution in [0.4, 0.5) is 16.2 Å². The molecule has 1 heterocycles. The van der Waals surface area contributed by atoms with Crippen molar-refractivity contribution in [3.8, 4) is 0 Å². The largest absolute Gasteiger partial charge is 0.324 e. The SMILES string of the molecule is Cc1ccc(NC(=O)N2CCC(NC3CCCC3)CC2)cc1[N+](=O)[O-]. The van der Waals surface area contributed by atoms with Crippen LogP contribution in [0.2, 0.25) is 0 Å². The number of aryl methyl sites for hydroxylation is 1. The normalized spacial score (nSPS) is 19.2. The maximum atomic E-state index is 12.4. The molecule has 1 saturated carbocycles. The third kappa shape index (κ3) is 4.48. The monoisotopic (exact) mass is 346 g/mol. The number of carbonyl (C=O) groups excluding carboxylic acids is 1. The number of likely N-dealkylation sites (tertiary alicyclic amines) is 1. The summed E-state index contributed by atoms with van der Waals surface area (Å²) in [6.07, 6.45) is 7.10. The Bertz CT molecular complexity index is 635. The molecule has 1 aliphatic heterocycles. The van der Waals surface area contributed by atoms with Crippen molar-refractivity contribution < 1.29 is 9.72 Å². The van der Waals surface area contributed by atoms with Crippen LogP contribution in [0.1, 0.15) is 44.1 Å². The number of nitro groups is 1. The molecular formula is C18H26N4O3. The number of carbonyl (C=O) groups is 1. The average molecular weight is 346 g/mol. The van der Waals surface area contributed by atoms with Gasteiger partial charge in [-0.3, -0.25) is 10.1 Å². The summed E-state index contributed by atoms with van der Waals surface area (Å²) in [7, 11) is 0. The Labute approximate surface area is 147 Å². The van der Waals surface area contributed by atoms with Gasteiger partial charge in [-0.25, -0.2) is 4.79 Å². The van der Waals surface area contributed by atoms with E-state index in [4.69, 9.17) is 0 Å². The number of piperidine rings is 1. The van der Waals surface area contributed by atoms with Gasteiger partial charge in [0.2, 0.25) is 0 Å². The summed E-state index contributed by atoms with van der Waals surface area (Å²) >= 11 is 0. The van der Waals surface area contributed by atoms with Gasteiger partial charge in [0.25, 0.3) is 5.69 Å². The lowest BCUT2D eigenvalue weighted by molar-refractivity contribution is -0.385. The van der Waals surface area contributed by atoms with E-state index in [1.54, 1.807) is 24.0 Å². The van der Waals surface area contributed by atoms with Gasteiger partial charge in [0.05, 0.1) is 4.92 Å². The first kappa shape index (κ1) is 17.7. The Morgan fingerprint density at radius 3 is 2.44 bits per heavy atom. The van der Waals surface area contributed by atoms with Crippen LogP contribution in [0.5, 0.6) is 0 Å². The highest BCUT2D eigenvalue weighted by Crippen LogP contribution is 2.23. The molecule has 1 aromatic carbocycles. The first-order chi connectivity index (χ1) is 12.0. The number of hydrogen-bond donors (Lipinski definition) is 2. The summed E-state index contributed by atoms with van der Waals surface area (Å²) in [5.74, 6) is 0. The van der Waals surface area contributed by atoms with Crippen molar-refractivity contribution in [1.82, 2.24) is 10.2 Å². The smallest absolute Gasteiger partial charge is 0.321 e. The molecule has 25 heavy (non-hydrogen) atoms. The van der Waals surface area contributed by atoms with Crippen molar-refractivity contribution in [2.24, 2.45) is 0 Å². The van der Waals surface area contributed by atoms with Crippen LogP contribution in [-0.2, 0) is 0 Å². The van der Waals surface area contributed by atoms with E-state index in [9.17, 15) is 14.9 Å². The first-order valence-corrected chi connectivity index (χ1v) is 9.10. The molecule has 136 valence electrons. The maximum absolute atomic E-state index is 12.4. The van der Waals surface area contributed by atoms with Crippen LogP contribution < -0.4 is 10.6 Å². The Morgan fingerprint density at radius 2 is 1.80 bits per heavy atom. The molecule has 0 bridgehead atoms. The number of nitro benzene ring substituents is 1. The van der Waals surface area contributed by atoms with Gasteiger partial charge in [-0.2, -0.15) is 0 Å². The van der Waals surface area contributed by atoms with E-state index in [2.05, 4.69) is 10.6 Å². The minimum Gasteiger partial charge on any atom is -0.324 e. The van der Waals surface area contributed by atoms with Crippen LogP contribution in [0.15, 0.2) is 18.2 Å². The van der Waals surface area contributed by atoms with Crippen LogP contribution in [0.25, 0.3) is 0 Å². The van der Waals surface area contributed by atoms with E-state index in [1.165, 1.54) is 31.7 Å². The second kappa shape index (κ2) is 7.82. The molecule has 0 unspecified atom stereocenters. The Balaban J connectivity index is 1.51. The highest BCUT2D eigenvalue weighted by molar-refractivity contribution is 5.89. The third-order valence-corrected chi connectivity index (χ3v) is 5.27. The molecule has 1 aliphatic carbocycles. The number of benzene rings is 1. The number of hydrogen-bond acceptors (Lipinski definition) is 4. The Morgan fingerprint density at radius 1 is 1.16 bits per heavy atom. The van der Waals surface area contributed by atoms with Gasteiger partial charge < -0.3 is 15.5 Å². The molecule has 2 fully saturated rings. The number of nitrogens with zero attached hydrogens (tertiary/aromatic N) is 2. The topological polar surface area (TPSA) is 87.5 Å². The second-order valence-corrected chi connectivity index (χ2v) is 7.10. The molecule has 7 heteroatoms. The van der Waals surface area contributed by atoms with E-state index in [-0.39, 0.29) is 11.7 Å². The van der Waals surface area contributed by atoms with E-state index >= 15 is 0 Å². The Hall–Kier alpha value is -2.15. The van der Waals surface area contributed by atoms with Gasteiger partial charge in [-0.15, -0.1) is 0 Å². The zero-order chi connectivity index (χ0) is 17.8. The highest BCUT2D eigenvalue weighted by Gasteiger charge is 2.26. The van der Waals surface area contributed by atoms with Crippen molar-refractivity contribution in [1.29, 1.82) is 0 Å². The van der Waals surface area contributed by atoms with Crippen molar-refractivity contribution in [3.63, 3.8) is 0 Å². The molecule has 2 N–H and O–H groups in total. The summed E-state index contributed by atoms with van der Waals surface area (Å²) < 4.78 is 0. The van der Waals surface area contributed by atoms with E-state index in [0.717, 1.165) is 12.8 Å². The zero-order valence-electron chi connectivity index (χ0n) is 14.7. The molecular weight excluding hydrogens is 320 g/mol. The first-order valence-electron chi connectivity index (χ1n) is 9.10. The standard InChI is InChI=1S/C18H26N4O3/c1-13-6-7-16(12-17(13)22(24)25)20-18(23)21-10-8-15(9-11-21)19-14-4-2-3-5-14/h6-7,12,14-15,19H,2-5,8-11H2,1H3,(H,20,23). The predicted octanol–water partition coefficient (Wildman–Crippen LogP) is 3.43. The number of urea groups is 1. The van der Waals surface area contributed by atoms with Crippen molar-refractivity contribution >= 4 is 17.4 Å². The second-order valence-electron chi connectivity index (χ2n) is 7.10. The summed E-state index contributed by atoms with van der Waals surface area (Å²) in [6, 6.07) is 5.74. The minimum absolute atomic E-state index is 0.0253.